The molecule has 150 valence electrons. The van der Waals surface area contributed by atoms with E-state index in [1.165, 1.54) is 10.2 Å². The van der Waals surface area contributed by atoms with Crippen molar-refractivity contribution >= 4 is 17.3 Å². The molecule has 1 fully saturated rings. The van der Waals surface area contributed by atoms with Gasteiger partial charge in [0, 0.05) is 56.8 Å². The molecule has 0 radical (unpaired) electrons. The SMILES string of the molecule is Cn1ncc(N2CCN(C(=O)C3Nc4ccccc4C4C=CCC34)CC2)cc1=O. The Morgan fingerprint density at radius 3 is 2.76 bits per heavy atom. The highest BCUT2D eigenvalue weighted by molar-refractivity contribution is 5.87. The maximum Gasteiger partial charge on any atom is 0.268 e. The van der Waals surface area contributed by atoms with E-state index < -0.39 is 0 Å². The van der Waals surface area contributed by atoms with Crippen LogP contribution in [0.5, 0.6) is 0 Å². The Labute approximate surface area is 169 Å². The van der Waals surface area contributed by atoms with Gasteiger partial charge in [-0.2, -0.15) is 5.10 Å². The van der Waals surface area contributed by atoms with E-state index in [2.05, 4.69) is 45.7 Å². The summed E-state index contributed by atoms with van der Waals surface area (Å²) in [5.41, 5.74) is 3.07. The Morgan fingerprint density at radius 2 is 1.97 bits per heavy atom. The summed E-state index contributed by atoms with van der Waals surface area (Å²) >= 11 is 0. The molecule has 0 spiro atoms. The normalized spacial score (nSPS) is 25.3. The van der Waals surface area contributed by atoms with Gasteiger partial charge in [-0.05, 0) is 18.1 Å². The van der Waals surface area contributed by atoms with Gasteiger partial charge in [0.25, 0.3) is 5.56 Å². The van der Waals surface area contributed by atoms with Crippen LogP contribution in [0.4, 0.5) is 11.4 Å². The third-order valence-electron chi connectivity index (χ3n) is 6.45. The number of anilines is 2. The van der Waals surface area contributed by atoms with Crippen LogP contribution >= 0.6 is 0 Å². The van der Waals surface area contributed by atoms with E-state index in [0.717, 1.165) is 17.8 Å². The zero-order valence-electron chi connectivity index (χ0n) is 16.5. The quantitative estimate of drug-likeness (QED) is 0.788. The van der Waals surface area contributed by atoms with Gasteiger partial charge in [-0.25, -0.2) is 4.68 Å². The van der Waals surface area contributed by atoms with Crippen LogP contribution < -0.4 is 15.8 Å². The first-order valence-corrected chi connectivity index (χ1v) is 10.2. The van der Waals surface area contributed by atoms with E-state index >= 15 is 0 Å². The van der Waals surface area contributed by atoms with Gasteiger partial charge in [0.05, 0.1) is 11.9 Å². The van der Waals surface area contributed by atoms with Crippen molar-refractivity contribution in [1.82, 2.24) is 14.7 Å². The van der Waals surface area contributed by atoms with E-state index in [1.54, 1.807) is 19.3 Å². The van der Waals surface area contributed by atoms with Crippen LogP contribution in [0, 0.1) is 5.92 Å². The molecule has 3 heterocycles. The number of nitrogens with one attached hydrogen (secondary N) is 1. The van der Waals surface area contributed by atoms with Gasteiger partial charge in [0.1, 0.15) is 6.04 Å². The largest absolute Gasteiger partial charge is 0.373 e. The number of hydrogen-bond donors (Lipinski definition) is 1. The van der Waals surface area contributed by atoms with E-state index in [1.807, 2.05) is 11.0 Å². The highest BCUT2D eigenvalue weighted by atomic mass is 16.2. The summed E-state index contributed by atoms with van der Waals surface area (Å²) in [4.78, 5) is 29.4. The first-order chi connectivity index (χ1) is 14.1. The number of carbonyl (C=O) groups excluding carboxylic acids is 1. The Bertz CT molecular complexity index is 1020. The molecule has 1 N–H and O–H groups in total. The predicted molar refractivity (Wildman–Crippen MR) is 112 cm³/mol. The van der Waals surface area contributed by atoms with Crippen molar-refractivity contribution in [3.63, 3.8) is 0 Å². The van der Waals surface area contributed by atoms with Crippen molar-refractivity contribution < 1.29 is 4.79 Å². The average Bonchev–Trinajstić information content (AvgIpc) is 3.25. The molecular weight excluding hydrogens is 366 g/mol. The standard InChI is InChI=1S/C22H25N5O2/c1-25-20(28)13-15(14-23-25)26-9-11-27(12-10-26)22(29)21-18-7-4-6-16(18)17-5-2-3-8-19(17)24-21/h2-6,8,13-14,16,18,21,24H,7,9-12H2,1H3. The number of para-hydroxylation sites is 1. The number of amides is 1. The van der Waals surface area contributed by atoms with Crippen molar-refractivity contribution in [2.24, 2.45) is 13.0 Å². The summed E-state index contributed by atoms with van der Waals surface area (Å²) in [7, 11) is 1.64. The summed E-state index contributed by atoms with van der Waals surface area (Å²) in [5.74, 6) is 0.769. The Morgan fingerprint density at radius 1 is 1.17 bits per heavy atom. The molecule has 7 nitrogen and oxygen atoms in total. The maximum absolute atomic E-state index is 13.4. The van der Waals surface area contributed by atoms with Crippen LogP contribution in [-0.2, 0) is 11.8 Å². The number of allylic oxidation sites excluding steroid dienone is 2. The number of aryl methyl sites for hydroxylation is 1. The van der Waals surface area contributed by atoms with E-state index in [4.69, 9.17) is 0 Å². The van der Waals surface area contributed by atoms with Crippen molar-refractivity contribution in [3.8, 4) is 0 Å². The molecule has 0 saturated carbocycles. The summed E-state index contributed by atoms with van der Waals surface area (Å²) in [5, 5.41) is 7.63. The third-order valence-corrected chi connectivity index (χ3v) is 6.45. The molecule has 29 heavy (non-hydrogen) atoms. The van der Waals surface area contributed by atoms with Crippen LogP contribution in [0.25, 0.3) is 0 Å². The average molecular weight is 391 g/mol. The van der Waals surface area contributed by atoms with Gasteiger partial charge >= 0.3 is 0 Å². The molecule has 3 atom stereocenters. The van der Waals surface area contributed by atoms with Crippen LogP contribution in [0.3, 0.4) is 0 Å². The summed E-state index contributed by atoms with van der Waals surface area (Å²) in [6, 6.07) is 9.73. The molecule has 3 aliphatic rings. The lowest BCUT2D eigenvalue weighted by atomic mass is 9.79. The van der Waals surface area contributed by atoms with Gasteiger partial charge in [-0.15, -0.1) is 0 Å². The number of hydrogen-bond acceptors (Lipinski definition) is 5. The van der Waals surface area contributed by atoms with Gasteiger partial charge in [-0.1, -0.05) is 30.4 Å². The number of fused-ring (bicyclic) bond motifs is 3. The van der Waals surface area contributed by atoms with Crippen molar-refractivity contribution in [2.45, 2.75) is 18.4 Å². The Hall–Kier alpha value is -3.09. The lowest BCUT2D eigenvalue weighted by Gasteiger charge is -2.41. The van der Waals surface area contributed by atoms with Crippen LogP contribution in [0.15, 0.2) is 53.5 Å². The molecule has 1 amide bonds. The first-order valence-electron chi connectivity index (χ1n) is 10.2. The fourth-order valence-electron chi connectivity index (χ4n) is 4.80. The fraction of sp³-hybridized carbons (Fsp3) is 0.409. The van der Waals surface area contributed by atoms with E-state index in [-0.39, 0.29) is 23.4 Å². The minimum atomic E-state index is -0.192. The van der Waals surface area contributed by atoms with E-state index in [9.17, 15) is 9.59 Å². The fourth-order valence-corrected chi connectivity index (χ4v) is 4.80. The number of aromatic nitrogens is 2. The minimum absolute atomic E-state index is 0.120. The second kappa shape index (κ2) is 7.06. The van der Waals surface area contributed by atoms with Gasteiger partial charge < -0.3 is 15.1 Å². The molecule has 1 aromatic carbocycles. The lowest BCUT2D eigenvalue weighted by molar-refractivity contribution is -0.133. The number of piperazine rings is 1. The van der Waals surface area contributed by atoms with Gasteiger partial charge in [-0.3, -0.25) is 9.59 Å². The van der Waals surface area contributed by atoms with Crippen molar-refractivity contribution in [1.29, 1.82) is 0 Å². The summed E-state index contributed by atoms with van der Waals surface area (Å²) in [6.45, 7) is 2.71. The highest BCUT2D eigenvalue weighted by Gasteiger charge is 2.42. The highest BCUT2D eigenvalue weighted by Crippen LogP contribution is 2.44. The summed E-state index contributed by atoms with van der Waals surface area (Å²) in [6.07, 6.45) is 7.11. The summed E-state index contributed by atoms with van der Waals surface area (Å²) < 4.78 is 1.32. The monoisotopic (exact) mass is 391 g/mol. The second-order valence-corrected chi connectivity index (χ2v) is 8.05. The molecule has 5 rings (SSSR count). The van der Waals surface area contributed by atoms with E-state index in [0.29, 0.717) is 32.1 Å². The maximum atomic E-state index is 13.4. The first kappa shape index (κ1) is 18.0. The molecule has 1 aromatic heterocycles. The zero-order valence-corrected chi connectivity index (χ0v) is 16.5. The smallest absolute Gasteiger partial charge is 0.268 e. The molecule has 1 aliphatic carbocycles. The molecule has 7 heteroatoms. The molecule has 3 unspecified atom stereocenters. The Balaban J connectivity index is 1.30. The molecule has 2 aromatic rings. The Kier molecular flexibility index (Phi) is 4.38. The predicted octanol–water partition coefficient (Wildman–Crippen LogP) is 1.58. The molecule has 0 bridgehead atoms. The molecule has 2 aliphatic heterocycles. The van der Waals surface area contributed by atoms with Crippen molar-refractivity contribution in [2.75, 3.05) is 36.4 Å². The van der Waals surface area contributed by atoms with Crippen molar-refractivity contribution in [3.05, 3.63) is 64.6 Å². The number of carbonyl (C=O) groups is 1. The lowest BCUT2D eigenvalue weighted by Crippen LogP contribution is -2.55. The van der Waals surface area contributed by atoms with Crippen LogP contribution in [0.2, 0.25) is 0 Å². The third kappa shape index (κ3) is 3.10. The molecule has 1 saturated heterocycles. The van der Waals surface area contributed by atoms with Gasteiger partial charge in [0.15, 0.2) is 0 Å². The van der Waals surface area contributed by atoms with Crippen LogP contribution in [-0.4, -0.2) is 52.8 Å². The molecular formula is C22H25N5O2. The van der Waals surface area contributed by atoms with Gasteiger partial charge in [0.2, 0.25) is 5.91 Å². The minimum Gasteiger partial charge on any atom is -0.373 e. The number of rotatable bonds is 2. The second-order valence-electron chi connectivity index (χ2n) is 8.05. The van der Waals surface area contributed by atoms with Crippen LogP contribution in [0.1, 0.15) is 17.9 Å². The topological polar surface area (TPSA) is 70.5 Å². The number of nitrogens with zero attached hydrogens (tertiary/aromatic N) is 4. The zero-order chi connectivity index (χ0) is 20.0. The number of benzene rings is 1.